The normalized spacial score (nSPS) is 19.8. The Kier molecular flexibility index (Phi) is 5.62. The molecular weight excluding hydrogens is 244 g/mol. The maximum absolute atomic E-state index is 3.76. The Morgan fingerprint density at radius 3 is 2.45 bits per heavy atom. The molecule has 1 heterocycles. The van der Waals surface area contributed by atoms with Crippen LogP contribution in [-0.2, 0) is 0 Å². The third kappa shape index (κ3) is 4.32. The van der Waals surface area contributed by atoms with E-state index in [4.69, 9.17) is 0 Å². The SMILES string of the molecule is Cc1ccc(C(C)NC(C)CN2CCCCC2)c(C)c1. The lowest BCUT2D eigenvalue weighted by Crippen LogP contribution is -2.42. The van der Waals surface area contributed by atoms with Gasteiger partial charge in [-0.15, -0.1) is 0 Å². The van der Waals surface area contributed by atoms with Gasteiger partial charge in [0.1, 0.15) is 0 Å². The van der Waals surface area contributed by atoms with Gasteiger partial charge < -0.3 is 10.2 Å². The molecule has 2 atom stereocenters. The van der Waals surface area contributed by atoms with E-state index < -0.39 is 0 Å². The summed E-state index contributed by atoms with van der Waals surface area (Å²) < 4.78 is 0. The number of piperidine rings is 1. The molecule has 20 heavy (non-hydrogen) atoms. The van der Waals surface area contributed by atoms with Gasteiger partial charge in [0, 0.05) is 18.6 Å². The van der Waals surface area contributed by atoms with E-state index in [1.165, 1.54) is 55.6 Å². The van der Waals surface area contributed by atoms with E-state index in [0.717, 1.165) is 0 Å². The van der Waals surface area contributed by atoms with Gasteiger partial charge in [-0.3, -0.25) is 0 Å². The van der Waals surface area contributed by atoms with Gasteiger partial charge in [0.25, 0.3) is 0 Å². The lowest BCUT2D eigenvalue weighted by molar-refractivity contribution is 0.205. The van der Waals surface area contributed by atoms with Crippen LogP contribution < -0.4 is 5.32 Å². The summed E-state index contributed by atoms with van der Waals surface area (Å²) in [4.78, 5) is 2.61. The van der Waals surface area contributed by atoms with Crippen molar-refractivity contribution in [3.8, 4) is 0 Å². The molecule has 2 unspecified atom stereocenters. The molecule has 112 valence electrons. The number of benzene rings is 1. The van der Waals surface area contributed by atoms with Crippen molar-refractivity contribution in [3.05, 3.63) is 34.9 Å². The molecular formula is C18H30N2. The molecule has 2 nitrogen and oxygen atoms in total. The van der Waals surface area contributed by atoms with Gasteiger partial charge in [0.15, 0.2) is 0 Å². The summed E-state index contributed by atoms with van der Waals surface area (Å²) in [6.45, 7) is 12.7. The van der Waals surface area contributed by atoms with Crippen LogP contribution in [0.4, 0.5) is 0 Å². The van der Waals surface area contributed by atoms with Gasteiger partial charge in [-0.2, -0.15) is 0 Å². The molecule has 0 radical (unpaired) electrons. The molecule has 1 saturated heterocycles. The fourth-order valence-corrected chi connectivity index (χ4v) is 3.41. The van der Waals surface area contributed by atoms with Crippen LogP contribution in [0, 0.1) is 13.8 Å². The van der Waals surface area contributed by atoms with Gasteiger partial charge in [0.05, 0.1) is 0 Å². The van der Waals surface area contributed by atoms with Crippen LogP contribution in [0.2, 0.25) is 0 Å². The minimum Gasteiger partial charge on any atom is -0.306 e. The van der Waals surface area contributed by atoms with Gasteiger partial charge in [-0.25, -0.2) is 0 Å². The van der Waals surface area contributed by atoms with Crippen molar-refractivity contribution in [1.82, 2.24) is 10.2 Å². The molecule has 1 aromatic rings. The van der Waals surface area contributed by atoms with Crippen molar-refractivity contribution in [2.45, 2.75) is 59.0 Å². The second kappa shape index (κ2) is 7.24. The minimum absolute atomic E-state index is 0.426. The fourth-order valence-electron chi connectivity index (χ4n) is 3.41. The van der Waals surface area contributed by atoms with Crippen molar-refractivity contribution in [2.75, 3.05) is 19.6 Å². The van der Waals surface area contributed by atoms with Gasteiger partial charge in [-0.1, -0.05) is 30.2 Å². The average Bonchev–Trinajstić information content (AvgIpc) is 2.39. The summed E-state index contributed by atoms with van der Waals surface area (Å²) in [6.07, 6.45) is 4.16. The topological polar surface area (TPSA) is 15.3 Å². The summed E-state index contributed by atoms with van der Waals surface area (Å²) in [5, 5.41) is 3.76. The predicted molar refractivity (Wildman–Crippen MR) is 87.2 cm³/mol. The zero-order valence-corrected chi connectivity index (χ0v) is 13.6. The highest BCUT2D eigenvalue weighted by Crippen LogP contribution is 2.19. The lowest BCUT2D eigenvalue weighted by Gasteiger charge is -2.31. The average molecular weight is 274 g/mol. The van der Waals surface area contributed by atoms with Crippen LogP contribution in [0.25, 0.3) is 0 Å². The van der Waals surface area contributed by atoms with E-state index in [-0.39, 0.29) is 0 Å². The van der Waals surface area contributed by atoms with Crippen LogP contribution in [0.5, 0.6) is 0 Å². The van der Waals surface area contributed by atoms with Crippen LogP contribution in [0.15, 0.2) is 18.2 Å². The summed E-state index contributed by atoms with van der Waals surface area (Å²) in [7, 11) is 0. The standard InChI is InChI=1S/C18H30N2/c1-14-8-9-18(15(2)12-14)17(4)19-16(3)13-20-10-6-5-7-11-20/h8-9,12,16-17,19H,5-7,10-11,13H2,1-4H3. The highest BCUT2D eigenvalue weighted by atomic mass is 15.2. The van der Waals surface area contributed by atoms with Crippen molar-refractivity contribution in [3.63, 3.8) is 0 Å². The molecule has 2 rings (SSSR count). The minimum atomic E-state index is 0.426. The number of aryl methyl sites for hydroxylation is 2. The molecule has 0 aromatic heterocycles. The fraction of sp³-hybridized carbons (Fsp3) is 0.667. The quantitative estimate of drug-likeness (QED) is 0.878. The molecule has 0 amide bonds. The van der Waals surface area contributed by atoms with E-state index in [9.17, 15) is 0 Å². The van der Waals surface area contributed by atoms with E-state index in [1.807, 2.05) is 0 Å². The van der Waals surface area contributed by atoms with Crippen LogP contribution in [0.3, 0.4) is 0 Å². The zero-order valence-electron chi connectivity index (χ0n) is 13.6. The molecule has 1 aliphatic rings. The lowest BCUT2D eigenvalue weighted by atomic mass is 9.99. The smallest absolute Gasteiger partial charge is 0.0297 e. The van der Waals surface area contributed by atoms with Crippen LogP contribution >= 0.6 is 0 Å². The van der Waals surface area contributed by atoms with Crippen molar-refractivity contribution < 1.29 is 0 Å². The maximum Gasteiger partial charge on any atom is 0.0297 e. The zero-order chi connectivity index (χ0) is 14.5. The Labute approximate surface area is 124 Å². The number of likely N-dealkylation sites (tertiary alicyclic amines) is 1. The monoisotopic (exact) mass is 274 g/mol. The van der Waals surface area contributed by atoms with Gasteiger partial charge in [0.2, 0.25) is 0 Å². The van der Waals surface area contributed by atoms with Gasteiger partial charge >= 0.3 is 0 Å². The van der Waals surface area contributed by atoms with Crippen LogP contribution in [0.1, 0.15) is 55.8 Å². The van der Waals surface area contributed by atoms with E-state index >= 15 is 0 Å². The molecule has 1 N–H and O–H groups in total. The van der Waals surface area contributed by atoms with E-state index in [2.05, 4.69) is 56.1 Å². The molecule has 1 aromatic carbocycles. The largest absolute Gasteiger partial charge is 0.306 e. The van der Waals surface area contributed by atoms with Gasteiger partial charge in [-0.05, 0) is 64.8 Å². The molecule has 0 aliphatic carbocycles. The van der Waals surface area contributed by atoms with E-state index in [0.29, 0.717) is 12.1 Å². The summed E-state index contributed by atoms with van der Waals surface area (Å²) >= 11 is 0. The summed E-state index contributed by atoms with van der Waals surface area (Å²) in [5.74, 6) is 0. The number of rotatable bonds is 5. The first-order chi connectivity index (χ1) is 9.56. The number of nitrogens with zero attached hydrogens (tertiary/aromatic N) is 1. The molecule has 2 heteroatoms. The first kappa shape index (κ1) is 15.5. The molecule has 1 aliphatic heterocycles. The molecule has 0 spiro atoms. The first-order valence-electron chi connectivity index (χ1n) is 8.12. The molecule has 0 saturated carbocycles. The maximum atomic E-state index is 3.76. The summed E-state index contributed by atoms with van der Waals surface area (Å²) in [6, 6.07) is 7.74. The molecule has 0 bridgehead atoms. The highest BCUT2D eigenvalue weighted by Gasteiger charge is 2.16. The predicted octanol–water partition coefficient (Wildman–Crippen LogP) is 3.83. The third-order valence-electron chi connectivity index (χ3n) is 4.41. The first-order valence-corrected chi connectivity index (χ1v) is 8.12. The second-order valence-corrected chi connectivity index (χ2v) is 6.51. The van der Waals surface area contributed by atoms with E-state index in [1.54, 1.807) is 0 Å². The Morgan fingerprint density at radius 2 is 1.80 bits per heavy atom. The highest BCUT2D eigenvalue weighted by molar-refractivity contribution is 5.32. The van der Waals surface area contributed by atoms with Crippen LogP contribution in [-0.4, -0.2) is 30.6 Å². The summed E-state index contributed by atoms with van der Waals surface area (Å²) in [5.41, 5.74) is 4.18. The number of hydrogen-bond acceptors (Lipinski definition) is 2. The third-order valence-corrected chi connectivity index (χ3v) is 4.41. The Bertz CT molecular complexity index is 421. The second-order valence-electron chi connectivity index (χ2n) is 6.51. The van der Waals surface area contributed by atoms with Crippen molar-refractivity contribution in [2.24, 2.45) is 0 Å². The Morgan fingerprint density at radius 1 is 1.10 bits per heavy atom. The van der Waals surface area contributed by atoms with Crippen molar-refractivity contribution in [1.29, 1.82) is 0 Å². The molecule has 1 fully saturated rings. The van der Waals surface area contributed by atoms with Crippen molar-refractivity contribution >= 4 is 0 Å². The number of nitrogens with one attached hydrogen (secondary N) is 1. The Balaban J connectivity index is 1.87. The number of hydrogen-bond donors (Lipinski definition) is 1. The Hall–Kier alpha value is -0.860.